The van der Waals surface area contributed by atoms with E-state index in [0.717, 1.165) is 29.8 Å². The first kappa shape index (κ1) is 12.9. The third kappa shape index (κ3) is 2.10. The van der Waals surface area contributed by atoms with Crippen molar-refractivity contribution in [2.45, 2.75) is 18.8 Å². The minimum Gasteiger partial charge on any atom is -0.396 e. The Kier molecular flexibility index (Phi) is 3.06. The highest BCUT2D eigenvalue weighted by Crippen LogP contribution is 2.39. The molecule has 0 radical (unpaired) electrons. The van der Waals surface area contributed by atoms with Crippen molar-refractivity contribution in [2.24, 2.45) is 0 Å². The Morgan fingerprint density at radius 1 is 1.25 bits per heavy atom. The smallest absolute Gasteiger partial charge is 0.147 e. The molecule has 3 rings (SSSR count). The molecule has 5 heteroatoms. The standard InChI is InChI=1S/C15H18N4O/c1-15(4-7-20-9-15)11-8-12(19-14(17)13(11)16)10-2-5-18-6-3-10/h2-3,5-6,8H,4,7,9,16H2,1H3,(H2,17,19). The minimum atomic E-state index is -0.0943. The van der Waals surface area contributed by atoms with Gasteiger partial charge in [0, 0.05) is 30.0 Å². The molecular weight excluding hydrogens is 252 g/mol. The lowest BCUT2D eigenvalue weighted by molar-refractivity contribution is 0.181. The van der Waals surface area contributed by atoms with Crippen LogP contribution in [0.5, 0.6) is 0 Å². The molecular formula is C15H18N4O. The van der Waals surface area contributed by atoms with Crippen LogP contribution in [-0.2, 0) is 10.2 Å². The summed E-state index contributed by atoms with van der Waals surface area (Å²) in [7, 11) is 0. The number of rotatable bonds is 2. The lowest BCUT2D eigenvalue weighted by Gasteiger charge is -2.25. The van der Waals surface area contributed by atoms with Gasteiger partial charge in [0.15, 0.2) is 0 Å². The van der Waals surface area contributed by atoms with Gasteiger partial charge in [0.25, 0.3) is 0 Å². The van der Waals surface area contributed by atoms with E-state index in [2.05, 4.69) is 16.9 Å². The highest BCUT2D eigenvalue weighted by Gasteiger charge is 2.34. The van der Waals surface area contributed by atoms with Gasteiger partial charge in [0.1, 0.15) is 5.82 Å². The molecule has 2 aromatic heterocycles. The summed E-state index contributed by atoms with van der Waals surface area (Å²) >= 11 is 0. The average molecular weight is 270 g/mol. The first-order chi connectivity index (χ1) is 9.60. The Hall–Kier alpha value is -2.14. The van der Waals surface area contributed by atoms with Gasteiger partial charge < -0.3 is 16.2 Å². The van der Waals surface area contributed by atoms with Crippen molar-refractivity contribution in [3.8, 4) is 11.3 Å². The Morgan fingerprint density at radius 3 is 2.65 bits per heavy atom. The Bertz CT molecular complexity index is 621. The monoisotopic (exact) mass is 270 g/mol. The molecule has 1 aliphatic rings. The van der Waals surface area contributed by atoms with Crippen LogP contribution in [-0.4, -0.2) is 23.2 Å². The van der Waals surface area contributed by atoms with Crippen LogP contribution in [0.1, 0.15) is 18.9 Å². The van der Waals surface area contributed by atoms with E-state index in [4.69, 9.17) is 16.2 Å². The summed E-state index contributed by atoms with van der Waals surface area (Å²) in [4.78, 5) is 8.41. The molecule has 0 aromatic carbocycles. The molecule has 0 aliphatic carbocycles. The Balaban J connectivity index is 2.13. The third-order valence-corrected chi connectivity index (χ3v) is 3.93. The molecule has 0 amide bonds. The number of nitrogens with zero attached hydrogens (tertiary/aromatic N) is 2. The van der Waals surface area contributed by atoms with Gasteiger partial charge in [-0.05, 0) is 30.2 Å². The molecule has 2 aromatic rings. The van der Waals surface area contributed by atoms with Gasteiger partial charge in [-0.25, -0.2) is 4.98 Å². The second-order valence-corrected chi connectivity index (χ2v) is 5.45. The average Bonchev–Trinajstić information content (AvgIpc) is 2.90. The lowest BCUT2D eigenvalue weighted by Crippen LogP contribution is -2.24. The number of anilines is 2. The van der Waals surface area contributed by atoms with Crippen LogP contribution in [0.2, 0.25) is 0 Å². The van der Waals surface area contributed by atoms with Gasteiger partial charge in [-0.15, -0.1) is 0 Å². The zero-order valence-corrected chi connectivity index (χ0v) is 11.5. The fraction of sp³-hybridized carbons (Fsp3) is 0.333. The highest BCUT2D eigenvalue weighted by atomic mass is 16.5. The normalized spacial score (nSPS) is 22.1. The van der Waals surface area contributed by atoms with Crippen LogP contribution in [0.25, 0.3) is 11.3 Å². The van der Waals surface area contributed by atoms with Crippen molar-refractivity contribution in [1.82, 2.24) is 9.97 Å². The second-order valence-electron chi connectivity index (χ2n) is 5.45. The number of aromatic nitrogens is 2. The maximum atomic E-state index is 6.14. The molecule has 20 heavy (non-hydrogen) atoms. The van der Waals surface area contributed by atoms with Crippen LogP contribution in [0, 0.1) is 0 Å². The number of ether oxygens (including phenoxy) is 1. The first-order valence-electron chi connectivity index (χ1n) is 6.65. The molecule has 104 valence electrons. The van der Waals surface area contributed by atoms with Gasteiger partial charge in [-0.2, -0.15) is 0 Å². The summed E-state index contributed by atoms with van der Waals surface area (Å²) in [6.45, 7) is 3.57. The van der Waals surface area contributed by atoms with Crippen LogP contribution >= 0.6 is 0 Å². The third-order valence-electron chi connectivity index (χ3n) is 3.93. The van der Waals surface area contributed by atoms with E-state index in [-0.39, 0.29) is 5.41 Å². The van der Waals surface area contributed by atoms with Crippen molar-refractivity contribution in [1.29, 1.82) is 0 Å². The van der Waals surface area contributed by atoms with E-state index in [1.54, 1.807) is 12.4 Å². The summed E-state index contributed by atoms with van der Waals surface area (Å²) < 4.78 is 5.53. The minimum absolute atomic E-state index is 0.0943. The van der Waals surface area contributed by atoms with Crippen molar-refractivity contribution in [3.05, 3.63) is 36.2 Å². The molecule has 1 aliphatic heterocycles. The van der Waals surface area contributed by atoms with Crippen molar-refractivity contribution >= 4 is 11.5 Å². The van der Waals surface area contributed by atoms with E-state index in [1.807, 2.05) is 18.2 Å². The van der Waals surface area contributed by atoms with Crippen LogP contribution in [0.15, 0.2) is 30.6 Å². The Morgan fingerprint density at radius 2 is 2.00 bits per heavy atom. The maximum Gasteiger partial charge on any atom is 0.147 e. The molecule has 0 bridgehead atoms. The highest BCUT2D eigenvalue weighted by molar-refractivity contribution is 5.72. The SMILES string of the molecule is CC1(c2cc(-c3ccncc3)nc(N)c2N)CCOC1. The summed E-state index contributed by atoms with van der Waals surface area (Å²) in [5.74, 6) is 0.377. The number of nitrogens with two attached hydrogens (primary N) is 2. The van der Waals surface area contributed by atoms with E-state index in [9.17, 15) is 0 Å². The summed E-state index contributed by atoms with van der Waals surface area (Å²) in [6.07, 6.45) is 4.42. The molecule has 1 fully saturated rings. The van der Waals surface area contributed by atoms with Gasteiger partial charge in [0.2, 0.25) is 0 Å². The molecule has 0 spiro atoms. The molecule has 3 heterocycles. The fourth-order valence-corrected chi connectivity index (χ4v) is 2.62. The molecule has 1 unspecified atom stereocenters. The van der Waals surface area contributed by atoms with E-state index in [1.165, 1.54) is 0 Å². The summed E-state index contributed by atoms with van der Waals surface area (Å²) in [5.41, 5.74) is 15.4. The largest absolute Gasteiger partial charge is 0.396 e. The van der Waals surface area contributed by atoms with Crippen molar-refractivity contribution < 1.29 is 4.74 Å². The molecule has 4 N–H and O–H groups in total. The zero-order valence-electron chi connectivity index (χ0n) is 11.5. The summed E-state index contributed by atoms with van der Waals surface area (Å²) in [5, 5.41) is 0. The van der Waals surface area contributed by atoms with Crippen molar-refractivity contribution in [2.75, 3.05) is 24.7 Å². The maximum absolute atomic E-state index is 6.14. The van der Waals surface area contributed by atoms with Gasteiger partial charge >= 0.3 is 0 Å². The van der Waals surface area contributed by atoms with E-state index < -0.39 is 0 Å². The van der Waals surface area contributed by atoms with E-state index >= 15 is 0 Å². The van der Waals surface area contributed by atoms with Gasteiger partial charge in [0.05, 0.1) is 18.0 Å². The van der Waals surface area contributed by atoms with Crippen LogP contribution in [0.4, 0.5) is 11.5 Å². The van der Waals surface area contributed by atoms with Crippen molar-refractivity contribution in [3.63, 3.8) is 0 Å². The number of pyridine rings is 2. The number of hydrogen-bond donors (Lipinski definition) is 2. The van der Waals surface area contributed by atoms with Crippen LogP contribution < -0.4 is 11.5 Å². The quantitative estimate of drug-likeness (QED) is 0.871. The van der Waals surface area contributed by atoms with E-state index in [0.29, 0.717) is 18.1 Å². The second kappa shape index (κ2) is 4.76. The Labute approximate surface area is 118 Å². The summed E-state index contributed by atoms with van der Waals surface area (Å²) in [6, 6.07) is 5.85. The topological polar surface area (TPSA) is 87.0 Å². The number of nitrogen functional groups attached to an aromatic ring is 2. The predicted molar refractivity (Wildman–Crippen MR) is 79.1 cm³/mol. The fourth-order valence-electron chi connectivity index (χ4n) is 2.62. The predicted octanol–water partition coefficient (Wildman–Crippen LogP) is 1.99. The van der Waals surface area contributed by atoms with Crippen LogP contribution in [0.3, 0.4) is 0 Å². The molecule has 1 atom stereocenters. The molecule has 0 saturated carbocycles. The number of hydrogen-bond acceptors (Lipinski definition) is 5. The zero-order chi connectivity index (χ0) is 14.2. The van der Waals surface area contributed by atoms with Gasteiger partial charge in [-0.1, -0.05) is 6.92 Å². The molecule has 5 nitrogen and oxygen atoms in total. The lowest BCUT2D eigenvalue weighted by atomic mass is 9.80. The molecule has 1 saturated heterocycles. The van der Waals surface area contributed by atoms with Gasteiger partial charge in [-0.3, -0.25) is 4.98 Å². The first-order valence-corrected chi connectivity index (χ1v) is 6.65.